The lowest BCUT2D eigenvalue weighted by molar-refractivity contribution is -0.349. The molecule has 2 atom stereocenters. The van der Waals surface area contributed by atoms with Gasteiger partial charge in [0.25, 0.3) is 0 Å². The molecule has 0 saturated carbocycles. The lowest BCUT2D eigenvalue weighted by atomic mass is 10.1. The second-order valence-corrected chi connectivity index (χ2v) is 2.96. The van der Waals surface area contributed by atoms with Gasteiger partial charge < -0.3 is 4.74 Å². The average Bonchev–Trinajstić information content (AvgIpc) is 2.46. The zero-order chi connectivity index (χ0) is 9.84. The minimum Gasteiger partial charge on any atom is -0.467 e. The van der Waals surface area contributed by atoms with Gasteiger partial charge in [-0.25, -0.2) is 4.79 Å². The number of rotatable bonds is 3. The predicted molar refractivity (Wildman–Crippen MR) is 44.4 cm³/mol. The summed E-state index contributed by atoms with van der Waals surface area (Å²) >= 11 is 0. The van der Waals surface area contributed by atoms with Crippen molar-refractivity contribution in [1.82, 2.24) is 5.23 Å². The summed E-state index contributed by atoms with van der Waals surface area (Å²) < 4.78 is 4.58. The topological polar surface area (TPSA) is 48.0 Å². The molecule has 1 heterocycles. The van der Waals surface area contributed by atoms with Crippen LogP contribution in [0.3, 0.4) is 0 Å². The number of carbonyl (C=O) groups excluding carboxylic acids is 1. The molecule has 13 heavy (non-hydrogen) atoms. The van der Waals surface area contributed by atoms with Crippen molar-refractivity contribution < 1.29 is 19.2 Å². The maximum atomic E-state index is 11.1. The van der Waals surface area contributed by atoms with E-state index < -0.39 is 6.10 Å². The van der Waals surface area contributed by atoms with Gasteiger partial charge in [-0.1, -0.05) is 12.2 Å². The third-order valence-electron chi connectivity index (χ3n) is 1.89. The molecule has 1 rings (SSSR count). The van der Waals surface area contributed by atoms with E-state index >= 15 is 0 Å². The van der Waals surface area contributed by atoms with Gasteiger partial charge >= 0.3 is 5.97 Å². The van der Waals surface area contributed by atoms with Gasteiger partial charge in [-0.3, -0.25) is 9.68 Å². The number of hydroxylamine groups is 2. The van der Waals surface area contributed by atoms with Crippen LogP contribution in [0.15, 0.2) is 0 Å². The zero-order valence-electron chi connectivity index (χ0n) is 8.15. The fourth-order valence-corrected chi connectivity index (χ4v) is 1.22. The molecule has 0 bridgehead atoms. The van der Waals surface area contributed by atoms with Crippen LogP contribution in [0.2, 0.25) is 0 Å². The molecule has 0 radical (unpaired) electrons. The molecule has 0 aromatic rings. The zero-order valence-corrected chi connectivity index (χ0v) is 8.15. The van der Waals surface area contributed by atoms with Crippen LogP contribution in [0.4, 0.5) is 0 Å². The number of hydrogen-bond acceptors (Lipinski definition) is 5. The maximum Gasteiger partial charge on any atom is 0.337 e. The van der Waals surface area contributed by atoms with Gasteiger partial charge in [0.1, 0.15) is 0 Å². The molecule has 0 spiro atoms. The highest BCUT2D eigenvalue weighted by molar-refractivity contribution is 5.75. The van der Waals surface area contributed by atoms with Crippen LogP contribution >= 0.6 is 0 Å². The Bertz CT molecular complexity index is 185. The standard InChI is InChI=1S/C8H15NO4/c1-4-12-9-5-6(2)7(13-9)8(10)11-3/h6-7H,4-5H2,1-3H3/t6-,7-/m1/s1. The number of ether oxygens (including phenoxy) is 1. The summed E-state index contributed by atoms with van der Waals surface area (Å²) in [6.45, 7) is 4.90. The number of hydrogen-bond donors (Lipinski definition) is 0. The molecule has 0 unspecified atom stereocenters. The van der Waals surface area contributed by atoms with Crippen LogP contribution in [0, 0.1) is 5.92 Å². The van der Waals surface area contributed by atoms with Crippen molar-refractivity contribution in [3.63, 3.8) is 0 Å². The Kier molecular flexibility index (Phi) is 3.65. The van der Waals surface area contributed by atoms with E-state index in [1.54, 1.807) is 0 Å². The van der Waals surface area contributed by atoms with Crippen molar-refractivity contribution >= 4 is 5.97 Å². The second kappa shape index (κ2) is 4.55. The molecule has 5 heteroatoms. The summed E-state index contributed by atoms with van der Waals surface area (Å²) in [5, 5.41) is 1.34. The van der Waals surface area contributed by atoms with Crippen molar-refractivity contribution in [2.45, 2.75) is 20.0 Å². The molecule has 1 aliphatic heterocycles. The van der Waals surface area contributed by atoms with Gasteiger partial charge in [0.15, 0.2) is 6.10 Å². The summed E-state index contributed by atoms with van der Waals surface area (Å²) in [5.74, 6) is -0.256. The summed E-state index contributed by atoms with van der Waals surface area (Å²) in [6, 6.07) is 0. The second-order valence-electron chi connectivity index (χ2n) is 2.96. The Hall–Kier alpha value is -0.650. The smallest absolute Gasteiger partial charge is 0.337 e. The molecular formula is C8H15NO4. The van der Waals surface area contributed by atoms with E-state index in [4.69, 9.17) is 9.68 Å². The van der Waals surface area contributed by atoms with Crippen molar-refractivity contribution in [3.8, 4) is 0 Å². The van der Waals surface area contributed by atoms with Gasteiger partial charge in [0, 0.05) is 5.92 Å². The average molecular weight is 189 g/mol. The fraction of sp³-hybridized carbons (Fsp3) is 0.875. The van der Waals surface area contributed by atoms with Crippen LogP contribution < -0.4 is 0 Å². The van der Waals surface area contributed by atoms with Crippen molar-refractivity contribution in [2.24, 2.45) is 5.92 Å². The highest BCUT2D eigenvalue weighted by Crippen LogP contribution is 2.20. The van der Waals surface area contributed by atoms with Gasteiger partial charge in [-0.05, 0) is 6.92 Å². The number of carbonyl (C=O) groups is 1. The first-order chi connectivity index (χ1) is 6.19. The summed E-state index contributed by atoms with van der Waals surface area (Å²) in [7, 11) is 1.35. The van der Waals surface area contributed by atoms with E-state index in [1.807, 2.05) is 13.8 Å². The molecule has 0 aromatic carbocycles. The largest absolute Gasteiger partial charge is 0.467 e. The van der Waals surface area contributed by atoms with E-state index in [-0.39, 0.29) is 11.9 Å². The Morgan fingerprint density at radius 1 is 1.69 bits per heavy atom. The lowest BCUT2D eigenvalue weighted by Crippen LogP contribution is -2.27. The van der Waals surface area contributed by atoms with Crippen LogP contribution in [0.1, 0.15) is 13.8 Å². The van der Waals surface area contributed by atoms with E-state index in [0.29, 0.717) is 13.2 Å². The van der Waals surface area contributed by atoms with Crippen molar-refractivity contribution in [3.05, 3.63) is 0 Å². The lowest BCUT2D eigenvalue weighted by Gasteiger charge is -2.13. The minimum atomic E-state index is -0.531. The molecule has 0 N–H and O–H groups in total. The Morgan fingerprint density at radius 3 is 2.92 bits per heavy atom. The first-order valence-electron chi connectivity index (χ1n) is 4.34. The van der Waals surface area contributed by atoms with Gasteiger partial charge in [0.05, 0.1) is 20.3 Å². The highest BCUT2D eigenvalue weighted by atomic mass is 17.0. The minimum absolute atomic E-state index is 0.0963. The van der Waals surface area contributed by atoms with E-state index in [9.17, 15) is 4.79 Å². The Labute approximate surface area is 77.5 Å². The van der Waals surface area contributed by atoms with E-state index in [2.05, 4.69) is 4.74 Å². The van der Waals surface area contributed by atoms with Crippen LogP contribution in [-0.4, -0.2) is 37.6 Å². The van der Waals surface area contributed by atoms with Crippen molar-refractivity contribution in [2.75, 3.05) is 20.3 Å². The molecular weight excluding hydrogens is 174 g/mol. The van der Waals surface area contributed by atoms with Gasteiger partial charge in [-0.15, -0.1) is 0 Å². The van der Waals surface area contributed by atoms with Crippen LogP contribution in [0.25, 0.3) is 0 Å². The monoisotopic (exact) mass is 189 g/mol. The fourth-order valence-electron chi connectivity index (χ4n) is 1.22. The van der Waals surface area contributed by atoms with Crippen LogP contribution in [0.5, 0.6) is 0 Å². The molecule has 1 saturated heterocycles. The number of methoxy groups -OCH3 is 1. The summed E-state index contributed by atoms with van der Waals surface area (Å²) in [5.41, 5.74) is 0. The molecule has 0 aliphatic carbocycles. The van der Waals surface area contributed by atoms with Crippen molar-refractivity contribution in [1.29, 1.82) is 0 Å². The van der Waals surface area contributed by atoms with Crippen LogP contribution in [-0.2, 0) is 19.2 Å². The molecule has 0 aromatic heterocycles. The molecule has 1 fully saturated rings. The first kappa shape index (κ1) is 10.4. The highest BCUT2D eigenvalue weighted by Gasteiger charge is 2.37. The van der Waals surface area contributed by atoms with E-state index in [1.165, 1.54) is 12.3 Å². The molecule has 76 valence electrons. The molecule has 0 amide bonds. The predicted octanol–water partition coefficient (Wildman–Crippen LogP) is 0.363. The third-order valence-corrected chi connectivity index (χ3v) is 1.89. The normalized spacial score (nSPS) is 29.2. The first-order valence-corrected chi connectivity index (χ1v) is 4.34. The van der Waals surface area contributed by atoms with Gasteiger partial charge in [0.2, 0.25) is 0 Å². The number of esters is 1. The Morgan fingerprint density at radius 2 is 2.38 bits per heavy atom. The number of nitrogens with zero attached hydrogens (tertiary/aromatic N) is 1. The third kappa shape index (κ3) is 2.40. The van der Waals surface area contributed by atoms with Gasteiger partial charge in [-0.2, -0.15) is 0 Å². The van der Waals surface area contributed by atoms with E-state index in [0.717, 1.165) is 0 Å². The quantitative estimate of drug-likeness (QED) is 0.600. The summed E-state index contributed by atoms with van der Waals surface area (Å²) in [4.78, 5) is 21.4. The summed E-state index contributed by atoms with van der Waals surface area (Å²) in [6.07, 6.45) is -0.531. The Balaban J connectivity index is 2.46. The SMILES string of the molecule is CCON1C[C@@H](C)[C@H](C(=O)OC)O1. The molecule has 5 nitrogen and oxygen atoms in total. The maximum absolute atomic E-state index is 11.1. The molecule has 1 aliphatic rings.